The van der Waals surface area contributed by atoms with Crippen molar-refractivity contribution >= 4 is 38.6 Å². The first-order valence-electron chi connectivity index (χ1n) is 12.4. The van der Waals surface area contributed by atoms with Gasteiger partial charge in [0.1, 0.15) is 16.0 Å². The fourth-order valence-electron chi connectivity index (χ4n) is 3.52. The van der Waals surface area contributed by atoms with E-state index in [1.54, 1.807) is 44.7 Å². The number of hydrogen-bond acceptors (Lipinski definition) is 6. The number of nitrogens with zero attached hydrogens (tertiary/aromatic N) is 2. The van der Waals surface area contributed by atoms with Gasteiger partial charge in [0.2, 0.25) is 5.89 Å². The van der Waals surface area contributed by atoms with Crippen LogP contribution in [-0.2, 0) is 20.0 Å². The molecule has 0 bridgehead atoms. The quantitative estimate of drug-likeness (QED) is 0.402. The zero-order valence-corrected chi connectivity index (χ0v) is 24.8. The van der Waals surface area contributed by atoms with E-state index < -0.39 is 26.3 Å². The monoisotopic (exact) mass is 530 g/mol. The second-order valence-electron chi connectivity index (χ2n) is 10.4. The third-order valence-corrected chi connectivity index (χ3v) is 8.57. The van der Waals surface area contributed by atoms with Gasteiger partial charge >= 0.3 is 6.09 Å². The first-order chi connectivity index (χ1) is 16.1. The van der Waals surface area contributed by atoms with Crippen molar-refractivity contribution in [2.45, 2.75) is 110 Å². The zero-order valence-electron chi connectivity index (χ0n) is 23.2. The molecule has 1 aromatic carbocycles. The third-order valence-electron chi connectivity index (χ3n) is 5.50. The van der Waals surface area contributed by atoms with Crippen LogP contribution in [0.15, 0.2) is 21.4 Å². The summed E-state index contributed by atoms with van der Waals surface area (Å²) in [5.41, 5.74) is -0.338. The molecule has 2 heterocycles. The molecule has 0 atom stereocenters. The number of likely N-dealkylation sites (tertiary alicyclic amines) is 1. The minimum Gasteiger partial charge on any atom is -0.444 e. The number of amides is 1. The smallest absolute Gasteiger partial charge is 0.410 e. The van der Waals surface area contributed by atoms with E-state index in [4.69, 9.17) is 20.8 Å². The van der Waals surface area contributed by atoms with Gasteiger partial charge in [0, 0.05) is 18.5 Å². The molecule has 0 spiro atoms. The van der Waals surface area contributed by atoms with Crippen molar-refractivity contribution in [3.63, 3.8) is 0 Å². The predicted molar refractivity (Wildman–Crippen MR) is 143 cm³/mol. The molecule has 0 N–H and O–H groups in total. The van der Waals surface area contributed by atoms with Crippen LogP contribution in [0, 0.1) is 0 Å². The van der Waals surface area contributed by atoms with Crippen LogP contribution in [0.3, 0.4) is 0 Å². The number of hydrogen-bond donors (Lipinski definition) is 0. The van der Waals surface area contributed by atoms with E-state index in [2.05, 4.69) is 4.98 Å². The van der Waals surface area contributed by atoms with Crippen LogP contribution in [0.5, 0.6) is 0 Å². The number of oxazole rings is 1. The minimum atomic E-state index is -3.88. The molecule has 200 valence electrons. The normalized spacial score (nSPS) is 16.1. The predicted octanol–water partition coefficient (Wildman–Crippen LogP) is 7.39. The summed E-state index contributed by atoms with van der Waals surface area (Å²) in [5.74, 6) is 0.450. The molecule has 0 radical (unpaired) electrons. The Morgan fingerprint density at radius 2 is 1.57 bits per heavy atom. The summed E-state index contributed by atoms with van der Waals surface area (Å²) >= 11 is 6.39. The second-order valence-corrected chi connectivity index (χ2v) is 13.2. The van der Waals surface area contributed by atoms with Crippen LogP contribution < -0.4 is 0 Å². The first-order valence-corrected chi connectivity index (χ1v) is 14.2. The highest BCUT2D eigenvalue weighted by Gasteiger charge is 2.46. The Morgan fingerprint density at radius 3 is 2.03 bits per heavy atom. The Hall–Kier alpha value is -1.80. The molecule has 1 amide bonds. The lowest BCUT2D eigenvalue weighted by molar-refractivity contribution is 0.0198. The van der Waals surface area contributed by atoms with Crippen molar-refractivity contribution in [2.75, 3.05) is 13.1 Å². The highest BCUT2D eigenvalue weighted by atomic mass is 35.5. The van der Waals surface area contributed by atoms with Crippen LogP contribution in [0.25, 0.3) is 11.1 Å². The van der Waals surface area contributed by atoms with Crippen molar-refractivity contribution in [1.29, 1.82) is 0 Å². The van der Waals surface area contributed by atoms with E-state index in [1.165, 1.54) is 0 Å². The van der Waals surface area contributed by atoms with Gasteiger partial charge in [-0.15, -0.1) is 0 Å². The number of aromatic nitrogens is 1. The van der Waals surface area contributed by atoms with Gasteiger partial charge in [-0.25, -0.2) is 18.2 Å². The first kappa shape index (κ1) is 31.2. The third kappa shape index (κ3) is 6.91. The van der Waals surface area contributed by atoms with Crippen LogP contribution in [0.2, 0.25) is 5.02 Å². The summed E-state index contributed by atoms with van der Waals surface area (Å²) in [6, 6.07) is 3.22. The van der Waals surface area contributed by atoms with Crippen molar-refractivity contribution in [3.8, 4) is 0 Å². The van der Waals surface area contributed by atoms with Crippen molar-refractivity contribution in [3.05, 3.63) is 23.0 Å². The number of sulfone groups is 1. The highest BCUT2D eigenvalue weighted by Crippen LogP contribution is 2.42. The molecule has 2 aromatic rings. The molecule has 0 saturated carbocycles. The Labute approximate surface area is 216 Å². The van der Waals surface area contributed by atoms with Gasteiger partial charge in [0.25, 0.3) is 0 Å². The largest absolute Gasteiger partial charge is 0.444 e. The summed E-state index contributed by atoms with van der Waals surface area (Å²) < 4.78 is 37.8. The molecule has 1 aliphatic heterocycles. The molecule has 7 nitrogen and oxygen atoms in total. The molecular formula is C26H43ClN2O5S. The topological polar surface area (TPSA) is 89.7 Å². The Bertz CT molecular complexity index is 1100. The molecule has 35 heavy (non-hydrogen) atoms. The highest BCUT2D eigenvalue weighted by molar-refractivity contribution is 7.93. The molecule has 1 aliphatic rings. The van der Waals surface area contributed by atoms with Crippen molar-refractivity contribution < 1.29 is 22.4 Å². The maximum atomic E-state index is 13.8. The van der Waals surface area contributed by atoms with E-state index >= 15 is 0 Å². The molecule has 1 aromatic heterocycles. The lowest BCUT2D eigenvalue weighted by Gasteiger charge is -2.39. The Morgan fingerprint density at radius 1 is 1.06 bits per heavy atom. The second kappa shape index (κ2) is 11.5. The van der Waals surface area contributed by atoms with Gasteiger partial charge in [-0.1, -0.05) is 60.1 Å². The SMILES string of the molecule is CC.CC.CC(C)(C)OC(=O)N1CCC(C)(S(=O)(=O)c2c(Cl)ccc3nc(C(C)(C)C)oc23)CC1. The Kier molecular flexibility index (Phi) is 10.3. The average Bonchev–Trinajstić information content (AvgIpc) is 3.20. The summed E-state index contributed by atoms with van der Waals surface area (Å²) in [6.45, 7) is 21.5. The lowest BCUT2D eigenvalue weighted by atomic mass is 9.97. The lowest BCUT2D eigenvalue weighted by Crippen LogP contribution is -2.50. The van der Waals surface area contributed by atoms with Crippen LogP contribution in [-0.4, -0.2) is 47.8 Å². The molecule has 9 heteroatoms. The fourth-order valence-corrected chi connectivity index (χ4v) is 5.90. The number of carbonyl (C=O) groups excluding carboxylic acids is 1. The molecule has 1 saturated heterocycles. The number of piperidine rings is 1. The van der Waals surface area contributed by atoms with E-state index in [1.807, 2.05) is 48.5 Å². The maximum absolute atomic E-state index is 13.8. The van der Waals surface area contributed by atoms with E-state index in [9.17, 15) is 13.2 Å². The van der Waals surface area contributed by atoms with Gasteiger partial charge in [-0.2, -0.15) is 0 Å². The number of ether oxygens (including phenoxy) is 1. The minimum absolute atomic E-state index is 0.0251. The Balaban J connectivity index is 0.00000145. The molecule has 1 fully saturated rings. The summed E-state index contributed by atoms with van der Waals surface area (Å²) in [4.78, 5) is 18.4. The summed E-state index contributed by atoms with van der Waals surface area (Å²) in [5, 5.41) is 0.111. The molecule has 0 unspecified atom stereocenters. The fraction of sp³-hybridized carbons (Fsp3) is 0.692. The average molecular weight is 531 g/mol. The number of benzene rings is 1. The van der Waals surface area contributed by atoms with Crippen LogP contribution in [0.1, 0.15) is 94.9 Å². The summed E-state index contributed by atoms with van der Waals surface area (Å²) in [6.07, 6.45) is 0.0977. The van der Waals surface area contributed by atoms with Crippen LogP contribution in [0.4, 0.5) is 4.79 Å². The number of carbonyl (C=O) groups is 1. The van der Waals surface area contributed by atoms with E-state index in [0.29, 0.717) is 11.4 Å². The zero-order chi connectivity index (χ0) is 27.4. The van der Waals surface area contributed by atoms with Gasteiger partial charge < -0.3 is 14.1 Å². The molecule has 3 rings (SSSR count). The van der Waals surface area contributed by atoms with Gasteiger partial charge in [0.05, 0.1) is 9.77 Å². The van der Waals surface area contributed by atoms with Gasteiger partial charge in [0.15, 0.2) is 15.4 Å². The van der Waals surface area contributed by atoms with E-state index in [0.717, 1.165) is 0 Å². The molecule has 0 aliphatic carbocycles. The molecular weight excluding hydrogens is 488 g/mol. The number of fused-ring (bicyclic) bond motifs is 1. The maximum Gasteiger partial charge on any atom is 0.410 e. The van der Waals surface area contributed by atoms with Crippen LogP contribution >= 0.6 is 11.6 Å². The number of rotatable bonds is 2. The number of halogens is 1. The van der Waals surface area contributed by atoms with Gasteiger partial charge in [-0.3, -0.25) is 0 Å². The van der Waals surface area contributed by atoms with E-state index in [-0.39, 0.29) is 46.8 Å². The van der Waals surface area contributed by atoms with Crippen molar-refractivity contribution in [2.24, 2.45) is 0 Å². The van der Waals surface area contributed by atoms with Crippen molar-refractivity contribution in [1.82, 2.24) is 9.88 Å². The summed E-state index contributed by atoms with van der Waals surface area (Å²) in [7, 11) is -3.88. The standard InChI is InChI=1S/C22H31ClN2O5S.2C2H6/c1-20(2,3)18-24-15-9-8-14(23)17(16(15)29-18)31(27,28)22(7)10-12-25(13-11-22)19(26)30-21(4,5)6;2*1-2/h8-9H,10-13H2,1-7H3;2*1-2H3. The van der Waals surface area contributed by atoms with Gasteiger partial charge in [-0.05, 0) is 52.7 Å².